The third-order valence-corrected chi connectivity index (χ3v) is 4.36. The van der Waals surface area contributed by atoms with Gasteiger partial charge in [0, 0.05) is 18.0 Å². The molecule has 0 saturated carbocycles. The Morgan fingerprint density at radius 3 is 2.41 bits per heavy atom. The van der Waals surface area contributed by atoms with Crippen molar-refractivity contribution in [3.63, 3.8) is 0 Å². The normalized spacial score (nSPS) is 12.5. The summed E-state index contributed by atoms with van der Waals surface area (Å²) in [5.41, 5.74) is 7.00. The van der Waals surface area contributed by atoms with E-state index in [4.69, 9.17) is 10.6 Å². The third-order valence-electron chi connectivity index (χ3n) is 4.36. The number of carbonyl (C=O) groups excluding carboxylic acids is 1. The molecule has 2 rings (SSSR count). The number of hydrazone groups is 1. The van der Waals surface area contributed by atoms with Gasteiger partial charge in [0.05, 0.1) is 16.8 Å². The van der Waals surface area contributed by atoms with Crippen LogP contribution >= 0.6 is 0 Å². The average Bonchev–Trinajstić information content (AvgIpc) is 2.77. The predicted molar refractivity (Wildman–Crippen MR) is 119 cm³/mol. The number of anilines is 1. The van der Waals surface area contributed by atoms with Crippen molar-refractivity contribution in [3.05, 3.63) is 77.0 Å². The van der Waals surface area contributed by atoms with Gasteiger partial charge in [0.15, 0.2) is 5.84 Å². The van der Waals surface area contributed by atoms with Crippen LogP contribution in [0.2, 0.25) is 0 Å². The molecule has 2 N–H and O–H groups in total. The zero-order valence-corrected chi connectivity index (χ0v) is 18.1. The van der Waals surface area contributed by atoms with Crippen LogP contribution in [-0.2, 0) is 17.4 Å². The maximum absolute atomic E-state index is 12.7. The van der Waals surface area contributed by atoms with Gasteiger partial charge >= 0.3 is 12.1 Å². The van der Waals surface area contributed by atoms with Gasteiger partial charge in [-0.3, -0.25) is 0 Å². The van der Waals surface area contributed by atoms with Crippen LogP contribution in [-0.4, -0.2) is 18.0 Å². The van der Waals surface area contributed by atoms with Crippen LogP contribution in [0.25, 0.3) is 0 Å². The zero-order chi connectivity index (χ0) is 23.7. The number of hydrogen-bond acceptors (Lipinski definition) is 5. The fraction of sp³-hybridized carbons (Fsp3) is 0.261. The summed E-state index contributed by atoms with van der Waals surface area (Å²) in [5.74, 6) is -0.927. The van der Waals surface area contributed by atoms with Crippen molar-refractivity contribution < 1.29 is 22.8 Å². The number of hydrogen-bond donors (Lipinski definition) is 1. The number of rotatable bonds is 8. The minimum absolute atomic E-state index is 0.203. The Morgan fingerprint density at radius 2 is 1.84 bits per heavy atom. The molecule has 0 radical (unpaired) electrons. The van der Waals surface area contributed by atoms with E-state index in [2.05, 4.69) is 10.3 Å². The molecule has 2 aromatic rings. The summed E-state index contributed by atoms with van der Waals surface area (Å²) in [4.78, 5) is 17.6. The molecule has 0 bridgehead atoms. The van der Waals surface area contributed by atoms with Crippen LogP contribution in [0, 0.1) is 0 Å². The first-order valence-electron chi connectivity index (χ1n) is 9.97. The Bertz CT molecular complexity index is 1000. The fourth-order valence-electron chi connectivity index (χ4n) is 2.88. The number of allylic oxidation sites excluding steroid dienone is 1. The highest BCUT2D eigenvalue weighted by atomic mass is 19.4. The van der Waals surface area contributed by atoms with E-state index in [-0.39, 0.29) is 11.4 Å². The van der Waals surface area contributed by atoms with Crippen molar-refractivity contribution >= 4 is 23.7 Å². The van der Waals surface area contributed by atoms with E-state index in [1.54, 1.807) is 36.5 Å². The molecule has 9 heteroatoms. The van der Waals surface area contributed by atoms with Crippen LogP contribution < -0.4 is 10.7 Å². The standard InChI is InChI=1S/C23H25F3N4O2/c1-4-7-17-15-19(30(14-5-2)28-6-3)12-13-20(17)22(31)32-29-21(27)16-8-10-18(11-9-16)23(24,25)26/h5-6,8-15H,4,7H2,1-3H3,(H2,27,29)/b14-5-,28-6-. The van der Waals surface area contributed by atoms with Crippen LogP contribution in [0.3, 0.4) is 0 Å². The van der Waals surface area contributed by atoms with Gasteiger partial charge in [-0.2, -0.15) is 18.3 Å². The Morgan fingerprint density at radius 1 is 1.16 bits per heavy atom. The van der Waals surface area contributed by atoms with Crippen molar-refractivity contribution in [2.24, 2.45) is 16.0 Å². The molecule has 0 heterocycles. The minimum atomic E-state index is -4.45. The highest BCUT2D eigenvalue weighted by Crippen LogP contribution is 2.29. The lowest BCUT2D eigenvalue weighted by molar-refractivity contribution is -0.137. The lowest BCUT2D eigenvalue weighted by Crippen LogP contribution is -2.16. The highest BCUT2D eigenvalue weighted by molar-refractivity contribution is 5.98. The van der Waals surface area contributed by atoms with Gasteiger partial charge in [-0.25, -0.2) is 9.80 Å². The first-order valence-corrected chi connectivity index (χ1v) is 9.97. The average molecular weight is 446 g/mol. The molecule has 0 aliphatic heterocycles. The molecule has 0 atom stereocenters. The van der Waals surface area contributed by atoms with E-state index in [0.29, 0.717) is 12.0 Å². The van der Waals surface area contributed by atoms with Crippen molar-refractivity contribution in [2.45, 2.75) is 39.8 Å². The molecule has 0 amide bonds. The fourth-order valence-corrected chi connectivity index (χ4v) is 2.88. The second-order valence-corrected chi connectivity index (χ2v) is 6.72. The molecular formula is C23H25F3N4O2. The largest absolute Gasteiger partial charge is 0.416 e. The highest BCUT2D eigenvalue weighted by Gasteiger charge is 2.30. The van der Waals surface area contributed by atoms with E-state index < -0.39 is 17.7 Å². The number of alkyl halides is 3. The van der Waals surface area contributed by atoms with Crippen LogP contribution in [0.4, 0.5) is 18.9 Å². The van der Waals surface area contributed by atoms with Crippen molar-refractivity contribution in [2.75, 3.05) is 5.01 Å². The van der Waals surface area contributed by atoms with Crippen molar-refractivity contribution in [3.8, 4) is 0 Å². The van der Waals surface area contributed by atoms with E-state index in [0.717, 1.165) is 41.9 Å². The van der Waals surface area contributed by atoms with Crippen LogP contribution in [0.15, 0.2) is 65.0 Å². The first kappa shape index (κ1) is 24.6. The molecule has 0 fully saturated rings. The summed E-state index contributed by atoms with van der Waals surface area (Å²) >= 11 is 0. The second kappa shape index (κ2) is 11.1. The molecule has 170 valence electrons. The van der Waals surface area contributed by atoms with E-state index >= 15 is 0 Å². The van der Waals surface area contributed by atoms with E-state index in [1.165, 1.54) is 0 Å². The summed E-state index contributed by atoms with van der Waals surface area (Å²) in [6.07, 6.45) is 2.24. The van der Waals surface area contributed by atoms with Gasteiger partial charge in [0.1, 0.15) is 0 Å². The number of carbonyl (C=O) groups is 1. The Kier molecular flexibility index (Phi) is 8.57. The van der Waals surface area contributed by atoms with E-state index in [1.807, 2.05) is 26.0 Å². The number of nitrogens with zero attached hydrogens (tertiary/aromatic N) is 3. The van der Waals surface area contributed by atoms with Gasteiger partial charge in [-0.1, -0.05) is 36.7 Å². The molecule has 0 spiro atoms. The van der Waals surface area contributed by atoms with Gasteiger partial charge in [0.25, 0.3) is 0 Å². The molecule has 6 nitrogen and oxygen atoms in total. The Labute approximate surface area is 184 Å². The van der Waals surface area contributed by atoms with Crippen molar-refractivity contribution in [1.29, 1.82) is 0 Å². The molecule has 2 aromatic carbocycles. The van der Waals surface area contributed by atoms with Gasteiger partial charge in [0.2, 0.25) is 0 Å². The van der Waals surface area contributed by atoms with E-state index in [9.17, 15) is 18.0 Å². The Balaban J connectivity index is 2.24. The Hall–Kier alpha value is -3.62. The van der Waals surface area contributed by atoms with Gasteiger partial charge in [-0.05, 0) is 56.2 Å². The SMILES string of the molecule is C/C=C\N(/N=C\C)c1ccc(C(=O)O/N=C(\N)c2ccc(C(F)(F)F)cc2)c(CCC)c1. The van der Waals surface area contributed by atoms with Gasteiger partial charge < -0.3 is 10.6 Å². The maximum Gasteiger partial charge on any atom is 0.416 e. The molecule has 0 saturated heterocycles. The lowest BCUT2D eigenvalue weighted by Gasteiger charge is -2.16. The zero-order valence-electron chi connectivity index (χ0n) is 18.1. The molecular weight excluding hydrogens is 421 g/mol. The number of nitrogens with two attached hydrogens (primary N) is 1. The topological polar surface area (TPSA) is 80.3 Å². The second-order valence-electron chi connectivity index (χ2n) is 6.72. The number of amidine groups is 1. The maximum atomic E-state index is 12.7. The third kappa shape index (κ3) is 6.44. The molecule has 0 aliphatic carbocycles. The molecule has 0 unspecified atom stereocenters. The summed E-state index contributed by atoms with van der Waals surface area (Å²) < 4.78 is 38.0. The van der Waals surface area contributed by atoms with Crippen LogP contribution in [0.5, 0.6) is 0 Å². The minimum Gasteiger partial charge on any atom is -0.380 e. The molecule has 0 aromatic heterocycles. The molecule has 32 heavy (non-hydrogen) atoms. The monoisotopic (exact) mass is 446 g/mol. The number of oxime groups is 1. The van der Waals surface area contributed by atoms with Crippen LogP contribution in [0.1, 0.15) is 54.2 Å². The predicted octanol–water partition coefficient (Wildman–Crippen LogP) is 5.48. The summed E-state index contributed by atoms with van der Waals surface area (Å²) in [6, 6.07) is 9.28. The lowest BCUT2D eigenvalue weighted by atomic mass is 10.0. The van der Waals surface area contributed by atoms with Crippen molar-refractivity contribution in [1.82, 2.24) is 0 Å². The number of halogens is 3. The number of benzene rings is 2. The van der Waals surface area contributed by atoms with Gasteiger partial charge in [-0.15, -0.1) is 0 Å². The molecule has 0 aliphatic rings. The summed E-state index contributed by atoms with van der Waals surface area (Å²) in [6.45, 7) is 5.65. The smallest absolute Gasteiger partial charge is 0.380 e. The quantitative estimate of drug-likeness (QED) is 0.252. The summed E-state index contributed by atoms with van der Waals surface area (Å²) in [5, 5.41) is 9.55. The number of aryl methyl sites for hydroxylation is 1. The summed E-state index contributed by atoms with van der Waals surface area (Å²) in [7, 11) is 0. The first-order chi connectivity index (χ1) is 15.2.